The highest BCUT2D eigenvalue weighted by Gasteiger charge is 2.09. The summed E-state index contributed by atoms with van der Waals surface area (Å²) in [6.07, 6.45) is 0. The van der Waals surface area contributed by atoms with Gasteiger partial charge in [-0.1, -0.05) is 24.8 Å². The van der Waals surface area contributed by atoms with Crippen molar-refractivity contribution in [3.63, 3.8) is 0 Å². The first-order valence-electron chi connectivity index (χ1n) is 10.9. The first-order valence-corrected chi connectivity index (χ1v) is 10.9. The summed E-state index contributed by atoms with van der Waals surface area (Å²) in [5.74, 6) is -0.814. The Morgan fingerprint density at radius 2 is 1.57 bits per heavy atom. The molecule has 35 heavy (non-hydrogen) atoms. The average molecular weight is 477 g/mol. The van der Waals surface area contributed by atoms with Crippen molar-refractivity contribution in [3.8, 4) is 16.9 Å². The molecule has 0 atom stereocenters. The summed E-state index contributed by atoms with van der Waals surface area (Å²) in [5, 5.41) is 8.06. The molecule has 0 aromatic heterocycles. The molecule has 8 heteroatoms. The number of rotatable bonds is 10. The van der Waals surface area contributed by atoms with E-state index in [0.717, 1.165) is 5.56 Å². The smallest absolute Gasteiger partial charge is 0.338 e. The van der Waals surface area contributed by atoms with E-state index in [4.69, 9.17) is 14.2 Å². The number of azo groups is 1. The van der Waals surface area contributed by atoms with Crippen molar-refractivity contribution < 1.29 is 28.2 Å². The predicted octanol–water partition coefficient (Wildman–Crippen LogP) is 6.58. The van der Waals surface area contributed by atoms with Crippen molar-refractivity contribution in [2.24, 2.45) is 10.2 Å². The lowest BCUT2D eigenvalue weighted by Crippen LogP contribution is -2.12. The van der Waals surface area contributed by atoms with E-state index in [1.807, 2.05) is 0 Å². The molecule has 0 heterocycles. The van der Waals surface area contributed by atoms with E-state index in [0.29, 0.717) is 34.7 Å². The van der Waals surface area contributed by atoms with E-state index in [9.17, 15) is 14.0 Å². The summed E-state index contributed by atoms with van der Waals surface area (Å²) in [4.78, 5) is 23.1. The van der Waals surface area contributed by atoms with Crippen LogP contribution in [0.5, 0.6) is 5.75 Å². The molecule has 0 unspecified atom stereocenters. The predicted molar refractivity (Wildman–Crippen MR) is 130 cm³/mol. The van der Waals surface area contributed by atoms with Crippen molar-refractivity contribution >= 4 is 23.3 Å². The molecule has 3 aromatic carbocycles. The second-order valence-electron chi connectivity index (χ2n) is 7.42. The molecule has 180 valence electrons. The zero-order chi connectivity index (χ0) is 25.2. The highest BCUT2D eigenvalue weighted by molar-refractivity contribution is 5.90. The maximum absolute atomic E-state index is 14.6. The third-order valence-electron chi connectivity index (χ3n) is 4.72. The number of halogens is 1. The Morgan fingerprint density at radius 3 is 2.20 bits per heavy atom. The fourth-order valence-electron chi connectivity index (χ4n) is 2.92. The largest absolute Gasteiger partial charge is 0.490 e. The van der Waals surface area contributed by atoms with E-state index >= 15 is 0 Å². The van der Waals surface area contributed by atoms with Crippen molar-refractivity contribution in [1.82, 2.24) is 0 Å². The first kappa shape index (κ1) is 25.3. The summed E-state index contributed by atoms with van der Waals surface area (Å²) < 4.78 is 30.0. The monoisotopic (exact) mass is 476 g/mol. The minimum absolute atomic E-state index is 0.0940. The molecule has 0 saturated heterocycles. The number of nitrogens with zero attached hydrogens (tertiary/aromatic N) is 2. The number of ether oxygens (including phenoxy) is 3. The van der Waals surface area contributed by atoms with Crippen molar-refractivity contribution in [1.29, 1.82) is 0 Å². The molecule has 0 aliphatic heterocycles. The molecule has 0 N–H and O–H groups in total. The van der Waals surface area contributed by atoms with Gasteiger partial charge >= 0.3 is 11.9 Å². The molecule has 0 aliphatic rings. The summed E-state index contributed by atoms with van der Waals surface area (Å²) in [5.41, 5.74) is 2.78. The minimum atomic E-state index is -0.523. The Hall–Kier alpha value is -4.33. The number of carbonyl (C=O) groups is 2. The Kier molecular flexibility index (Phi) is 8.83. The second kappa shape index (κ2) is 12.2. The first-order chi connectivity index (χ1) is 16.9. The Morgan fingerprint density at radius 1 is 0.886 bits per heavy atom. The molecule has 0 saturated carbocycles. The molecule has 0 radical (unpaired) electrons. The number of esters is 2. The van der Waals surface area contributed by atoms with Gasteiger partial charge in [0, 0.05) is 5.57 Å². The normalized spacial score (nSPS) is 10.7. The van der Waals surface area contributed by atoms with Crippen LogP contribution in [0.3, 0.4) is 0 Å². The zero-order valence-electron chi connectivity index (χ0n) is 19.5. The molecule has 0 spiro atoms. The number of hydrogen-bond acceptors (Lipinski definition) is 7. The van der Waals surface area contributed by atoms with Gasteiger partial charge in [0.2, 0.25) is 0 Å². The van der Waals surface area contributed by atoms with Crippen LogP contribution in [-0.4, -0.2) is 31.8 Å². The maximum Gasteiger partial charge on any atom is 0.338 e. The van der Waals surface area contributed by atoms with Crippen LogP contribution in [-0.2, 0) is 14.3 Å². The third kappa shape index (κ3) is 7.33. The third-order valence-corrected chi connectivity index (χ3v) is 4.72. The van der Waals surface area contributed by atoms with Gasteiger partial charge in [-0.15, -0.1) is 5.11 Å². The van der Waals surface area contributed by atoms with Gasteiger partial charge in [0.15, 0.2) is 5.82 Å². The van der Waals surface area contributed by atoms with E-state index < -0.39 is 17.8 Å². The summed E-state index contributed by atoms with van der Waals surface area (Å²) >= 11 is 0. The van der Waals surface area contributed by atoms with Crippen LogP contribution in [0.25, 0.3) is 11.1 Å². The summed E-state index contributed by atoms with van der Waals surface area (Å²) in [6.45, 7) is 7.43. The lowest BCUT2D eigenvalue weighted by atomic mass is 10.0. The van der Waals surface area contributed by atoms with Crippen LogP contribution in [0, 0.1) is 5.82 Å². The van der Waals surface area contributed by atoms with Gasteiger partial charge in [0.1, 0.15) is 24.7 Å². The maximum atomic E-state index is 14.6. The van der Waals surface area contributed by atoms with Gasteiger partial charge in [0.25, 0.3) is 0 Å². The van der Waals surface area contributed by atoms with Crippen LogP contribution in [0.4, 0.5) is 15.8 Å². The summed E-state index contributed by atoms with van der Waals surface area (Å²) in [7, 11) is 0. The lowest BCUT2D eigenvalue weighted by Gasteiger charge is -2.07. The second-order valence-corrected chi connectivity index (χ2v) is 7.42. The molecule has 0 bridgehead atoms. The molecular formula is C27H25FN2O5. The van der Waals surface area contributed by atoms with E-state index in [2.05, 4.69) is 16.8 Å². The van der Waals surface area contributed by atoms with E-state index in [1.165, 1.54) is 12.1 Å². The zero-order valence-corrected chi connectivity index (χ0v) is 19.5. The minimum Gasteiger partial charge on any atom is -0.490 e. The Labute approximate surface area is 202 Å². The van der Waals surface area contributed by atoms with Crippen LogP contribution >= 0.6 is 0 Å². The van der Waals surface area contributed by atoms with Crippen LogP contribution in [0.1, 0.15) is 24.2 Å². The highest BCUT2D eigenvalue weighted by Crippen LogP contribution is 2.28. The molecular weight excluding hydrogens is 451 g/mol. The van der Waals surface area contributed by atoms with Crippen molar-refractivity contribution in [2.75, 3.05) is 19.8 Å². The standard InChI is InChI=1S/C27H25FN2O5/c1-4-33-27(32)20-7-5-19(6-8-20)21-9-14-25(24(28)17-21)30-29-22-10-12-23(13-11-22)34-15-16-35-26(31)18(2)3/h5-14,17H,2,4,15-16H2,1,3H3. The van der Waals surface area contributed by atoms with Crippen molar-refractivity contribution in [2.45, 2.75) is 13.8 Å². The van der Waals surface area contributed by atoms with Gasteiger partial charge in [-0.2, -0.15) is 5.11 Å². The van der Waals surface area contributed by atoms with Crippen LogP contribution in [0.2, 0.25) is 0 Å². The molecule has 3 rings (SSSR count). The van der Waals surface area contributed by atoms with Crippen LogP contribution < -0.4 is 4.74 Å². The van der Waals surface area contributed by atoms with Gasteiger partial charge < -0.3 is 14.2 Å². The van der Waals surface area contributed by atoms with Gasteiger partial charge in [0.05, 0.1) is 17.9 Å². The Bertz CT molecular complexity index is 1220. The lowest BCUT2D eigenvalue weighted by molar-refractivity contribution is -0.139. The molecule has 7 nitrogen and oxygen atoms in total. The van der Waals surface area contributed by atoms with Crippen LogP contribution in [0.15, 0.2) is 89.1 Å². The average Bonchev–Trinajstić information content (AvgIpc) is 2.86. The molecule has 0 amide bonds. The van der Waals surface area contributed by atoms with E-state index in [-0.39, 0.29) is 18.9 Å². The molecule has 0 fully saturated rings. The summed E-state index contributed by atoms with van der Waals surface area (Å²) in [6, 6.07) is 18.1. The fourth-order valence-corrected chi connectivity index (χ4v) is 2.92. The SMILES string of the molecule is C=C(C)C(=O)OCCOc1ccc(N=Nc2ccc(-c3ccc(C(=O)OCC)cc3)cc2F)cc1. The van der Waals surface area contributed by atoms with Gasteiger partial charge in [-0.3, -0.25) is 0 Å². The number of benzene rings is 3. The molecule has 0 aliphatic carbocycles. The number of carbonyl (C=O) groups excluding carboxylic acids is 2. The van der Waals surface area contributed by atoms with Gasteiger partial charge in [-0.05, 0) is 73.5 Å². The quantitative estimate of drug-likeness (QED) is 0.143. The van der Waals surface area contributed by atoms with Gasteiger partial charge in [-0.25, -0.2) is 14.0 Å². The van der Waals surface area contributed by atoms with E-state index in [1.54, 1.807) is 68.4 Å². The fraction of sp³-hybridized carbons (Fsp3) is 0.185. The van der Waals surface area contributed by atoms with Crippen molar-refractivity contribution in [3.05, 3.63) is 90.3 Å². The Balaban J connectivity index is 1.58. The topological polar surface area (TPSA) is 86.5 Å². The number of hydrogen-bond donors (Lipinski definition) is 0. The molecule has 3 aromatic rings. The highest BCUT2D eigenvalue weighted by atomic mass is 19.1.